The Morgan fingerprint density at radius 1 is 1.19 bits per heavy atom. The first-order chi connectivity index (χ1) is 12.7. The molecule has 142 valence electrons. The minimum Gasteiger partial charge on any atom is -0.321 e. The lowest BCUT2D eigenvalue weighted by Crippen LogP contribution is -2.20. The number of anilines is 1. The molecule has 27 heavy (non-hydrogen) atoms. The molecule has 0 spiro atoms. The maximum absolute atomic E-state index is 12.4. The number of hydrogen-bond acceptors (Lipinski definition) is 3. The van der Waals surface area contributed by atoms with Gasteiger partial charge in [0.1, 0.15) is 6.54 Å². The van der Waals surface area contributed by atoms with Crippen molar-refractivity contribution in [2.45, 2.75) is 33.9 Å². The Bertz CT molecular complexity index is 992. The number of halogens is 3. The molecule has 2 heterocycles. The molecule has 0 saturated carbocycles. The molecule has 3 aromatic rings. The summed E-state index contributed by atoms with van der Waals surface area (Å²) < 4.78 is 4.28. The Labute approximate surface area is 175 Å². The Balaban J connectivity index is 1.75. The standard InChI is InChI=1S/C18H18BrCl2N5O/c1-10-15(19)8-25(23-10)9-17(27)22-18-11(2)24-26(12(18)3)7-13-4-5-14(20)6-16(13)21/h4-6,8H,7,9H2,1-3H3,(H,22,27). The first-order valence-corrected chi connectivity index (χ1v) is 9.77. The van der Waals surface area contributed by atoms with E-state index in [0.717, 1.165) is 27.1 Å². The van der Waals surface area contributed by atoms with Crippen LogP contribution in [0.15, 0.2) is 28.9 Å². The molecule has 0 saturated heterocycles. The summed E-state index contributed by atoms with van der Waals surface area (Å²) >= 11 is 15.6. The minimum atomic E-state index is -0.166. The number of nitrogens with zero attached hydrogens (tertiary/aromatic N) is 4. The smallest absolute Gasteiger partial charge is 0.246 e. The Morgan fingerprint density at radius 2 is 1.93 bits per heavy atom. The maximum atomic E-state index is 12.4. The fourth-order valence-corrected chi connectivity index (χ4v) is 3.53. The van der Waals surface area contributed by atoms with Gasteiger partial charge in [-0.15, -0.1) is 0 Å². The van der Waals surface area contributed by atoms with Crippen LogP contribution in [0.3, 0.4) is 0 Å². The van der Waals surface area contributed by atoms with Crippen molar-refractivity contribution >= 4 is 50.7 Å². The molecular formula is C18H18BrCl2N5O. The number of rotatable bonds is 5. The molecule has 1 N–H and O–H groups in total. The molecule has 0 aliphatic rings. The van der Waals surface area contributed by atoms with E-state index in [1.54, 1.807) is 23.0 Å². The van der Waals surface area contributed by atoms with Crippen molar-refractivity contribution in [2.75, 3.05) is 5.32 Å². The lowest BCUT2D eigenvalue weighted by molar-refractivity contribution is -0.116. The van der Waals surface area contributed by atoms with E-state index in [2.05, 4.69) is 31.4 Å². The zero-order valence-electron chi connectivity index (χ0n) is 15.1. The molecule has 9 heteroatoms. The maximum Gasteiger partial charge on any atom is 0.246 e. The number of benzene rings is 1. The van der Waals surface area contributed by atoms with Gasteiger partial charge in [0.15, 0.2) is 0 Å². The van der Waals surface area contributed by atoms with Crippen LogP contribution in [0.1, 0.15) is 22.6 Å². The molecule has 2 aromatic heterocycles. The normalized spacial score (nSPS) is 11.0. The molecule has 0 fully saturated rings. The van der Waals surface area contributed by atoms with E-state index >= 15 is 0 Å². The van der Waals surface area contributed by atoms with Crippen LogP contribution >= 0.6 is 39.1 Å². The second kappa shape index (κ2) is 8.04. The van der Waals surface area contributed by atoms with E-state index in [4.69, 9.17) is 23.2 Å². The summed E-state index contributed by atoms with van der Waals surface area (Å²) in [5, 5.41) is 12.9. The molecule has 0 unspecified atom stereocenters. The highest BCUT2D eigenvalue weighted by atomic mass is 79.9. The number of carbonyl (C=O) groups excluding carboxylic acids is 1. The van der Waals surface area contributed by atoms with E-state index in [9.17, 15) is 4.79 Å². The summed E-state index contributed by atoms with van der Waals surface area (Å²) in [6, 6.07) is 5.37. The number of aryl methyl sites for hydroxylation is 2. The van der Waals surface area contributed by atoms with E-state index in [1.807, 2.05) is 31.5 Å². The fourth-order valence-electron chi connectivity index (χ4n) is 2.74. The topological polar surface area (TPSA) is 64.7 Å². The molecule has 1 amide bonds. The zero-order chi connectivity index (χ0) is 19.7. The Hall–Kier alpha value is -1.83. The number of amides is 1. The average molecular weight is 471 g/mol. The molecular weight excluding hydrogens is 453 g/mol. The van der Waals surface area contributed by atoms with Crippen LogP contribution in [0.2, 0.25) is 10.0 Å². The van der Waals surface area contributed by atoms with Gasteiger partial charge in [-0.25, -0.2) is 0 Å². The first-order valence-electron chi connectivity index (χ1n) is 8.22. The predicted molar refractivity (Wildman–Crippen MR) is 111 cm³/mol. The molecule has 0 atom stereocenters. The van der Waals surface area contributed by atoms with Gasteiger partial charge in [-0.3, -0.25) is 14.2 Å². The number of carbonyl (C=O) groups is 1. The van der Waals surface area contributed by atoms with Crippen LogP contribution in [0.5, 0.6) is 0 Å². The van der Waals surface area contributed by atoms with Crippen molar-refractivity contribution in [1.82, 2.24) is 19.6 Å². The number of aromatic nitrogens is 4. The molecule has 0 aliphatic heterocycles. The lowest BCUT2D eigenvalue weighted by Gasteiger charge is -2.09. The molecule has 6 nitrogen and oxygen atoms in total. The third-order valence-corrected chi connectivity index (χ3v) is 5.54. The second-order valence-corrected chi connectivity index (χ2v) is 7.95. The van der Waals surface area contributed by atoms with Gasteiger partial charge < -0.3 is 5.32 Å². The number of nitrogens with one attached hydrogen (secondary N) is 1. The lowest BCUT2D eigenvalue weighted by atomic mass is 10.2. The van der Waals surface area contributed by atoms with Crippen molar-refractivity contribution in [1.29, 1.82) is 0 Å². The molecule has 0 bridgehead atoms. The first kappa shape index (κ1) is 19.9. The average Bonchev–Trinajstić information content (AvgIpc) is 3.03. The predicted octanol–water partition coefficient (Wildman–Crippen LogP) is 4.76. The van der Waals surface area contributed by atoms with Gasteiger partial charge in [0, 0.05) is 16.2 Å². The third-order valence-electron chi connectivity index (χ3n) is 4.17. The number of hydrogen-bond donors (Lipinski definition) is 1. The van der Waals surface area contributed by atoms with Crippen molar-refractivity contribution in [3.8, 4) is 0 Å². The van der Waals surface area contributed by atoms with Crippen molar-refractivity contribution in [3.05, 3.63) is 61.6 Å². The largest absolute Gasteiger partial charge is 0.321 e. The van der Waals surface area contributed by atoms with Crippen LogP contribution in [-0.4, -0.2) is 25.5 Å². The summed E-state index contributed by atoms with van der Waals surface area (Å²) in [5.74, 6) is -0.166. The molecule has 0 aliphatic carbocycles. The van der Waals surface area contributed by atoms with Gasteiger partial charge in [-0.05, 0) is 54.4 Å². The monoisotopic (exact) mass is 469 g/mol. The van der Waals surface area contributed by atoms with Crippen LogP contribution < -0.4 is 5.32 Å². The SMILES string of the molecule is Cc1nn(CC(=O)Nc2c(C)nn(Cc3ccc(Cl)cc3Cl)c2C)cc1Br. The fraction of sp³-hybridized carbons (Fsp3) is 0.278. The van der Waals surface area contributed by atoms with Crippen LogP contribution in [-0.2, 0) is 17.9 Å². The van der Waals surface area contributed by atoms with Crippen molar-refractivity contribution < 1.29 is 4.79 Å². The summed E-state index contributed by atoms with van der Waals surface area (Å²) in [7, 11) is 0. The Morgan fingerprint density at radius 3 is 2.56 bits per heavy atom. The van der Waals surface area contributed by atoms with Crippen LogP contribution in [0.4, 0.5) is 5.69 Å². The quantitative estimate of drug-likeness (QED) is 0.584. The van der Waals surface area contributed by atoms with Gasteiger partial charge in [0.05, 0.1) is 33.8 Å². The van der Waals surface area contributed by atoms with Crippen LogP contribution in [0, 0.1) is 20.8 Å². The molecule has 0 radical (unpaired) electrons. The van der Waals surface area contributed by atoms with E-state index in [0.29, 0.717) is 22.3 Å². The zero-order valence-corrected chi connectivity index (χ0v) is 18.2. The van der Waals surface area contributed by atoms with E-state index < -0.39 is 0 Å². The van der Waals surface area contributed by atoms with Crippen LogP contribution in [0.25, 0.3) is 0 Å². The summed E-state index contributed by atoms with van der Waals surface area (Å²) in [4.78, 5) is 12.4. The second-order valence-electron chi connectivity index (χ2n) is 6.25. The highest BCUT2D eigenvalue weighted by Gasteiger charge is 2.16. The summed E-state index contributed by atoms with van der Waals surface area (Å²) in [5.41, 5.74) is 4.03. The highest BCUT2D eigenvalue weighted by Crippen LogP contribution is 2.25. The van der Waals surface area contributed by atoms with Gasteiger partial charge in [0.25, 0.3) is 0 Å². The van der Waals surface area contributed by atoms with Gasteiger partial charge in [0.2, 0.25) is 5.91 Å². The van der Waals surface area contributed by atoms with Gasteiger partial charge >= 0.3 is 0 Å². The summed E-state index contributed by atoms with van der Waals surface area (Å²) in [6.45, 7) is 6.26. The van der Waals surface area contributed by atoms with Crippen molar-refractivity contribution in [2.24, 2.45) is 0 Å². The van der Waals surface area contributed by atoms with Gasteiger partial charge in [-0.1, -0.05) is 29.3 Å². The summed E-state index contributed by atoms with van der Waals surface area (Å²) in [6.07, 6.45) is 1.78. The van der Waals surface area contributed by atoms with Crippen molar-refractivity contribution in [3.63, 3.8) is 0 Å². The van der Waals surface area contributed by atoms with E-state index in [1.165, 1.54) is 0 Å². The van der Waals surface area contributed by atoms with Gasteiger partial charge in [-0.2, -0.15) is 10.2 Å². The highest BCUT2D eigenvalue weighted by molar-refractivity contribution is 9.10. The van der Waals surface area contributed by atoms with E-state index in [-0.39, 0.29) is 12.5 Å². The Kier molecular flexibility index (Phi) is 5.93. The molecule has 1 aromatic carbocycles. The minimum absolute atomic E-state index is 0.125. The third kappa shape index (κ3) is 4.54. The molecule has 3 rings (SSSR count).